The Morgan fingerprint density at radius 2 is 1.94 bits per heavy atom. The van der Waals surface area contributed by atoms with Crippen LogP contribution < -0.4 is 0 Å². The summed E-state index contributed by atoms with van der Waals surface area (Å²) in [7, 11) is 0. The minimum absolute atomic E-state index is 0.174. The van der Waals surface area contributed by atoms with Crippen LogP contribution in [0.4, 0.5) is 4.39 Å². The SMILES string of the molecule is O=C(O)[C@H]1C2CCC(CC2)C1n1cc(Cl)c2cnc(C3=CCc4ncc(F)cc43)nc21. The van der Waals surface area contributed by atoms with E-state index in [9.17, 15) is 14.3 Å². The van der Waals surface area contributed by atoms with Crippen molar-refractivity contribution in [3.05, 3.63) is 58.7 Å². The Morgan fingerprint density at radius 1 is 1.16 bits per heavy atom. The van der Waals surface area contributed by atoms with Crippen LogP contribution in [0, 0.1) is 23.6 Å². The fourth-order valence-corrected chi connectivity index (χ4v) is 6.14. The van der Waals surface area contributed by atoms with Crippen molar-refractivity contribution in [3.63, 3.8) is 0 Å². The second kappa shape index (κ2) is 6.85. The molecule has 4 aliphatic rings. The summed E-state index contributed by atoms with van der Waals surface area (Å²) in [5, 5.41) is 11.2. The summed E-state index contributed by atoms with van der Waals surface area (Å²) in [4.78, 5) is 25.7. The zero-order valence-corrected chi connectivity index (χ0v) is 17.4. The van der Waals surface area contributed by atoms with Gasteiger partial charge in [-0.2, -0.15) is 0 Å². The highest BCUT2D eigenvalue weighted by Crippen LogP contribution is 2.52. The van der Waals surface area contributed by atoms with Gasteiger partial charge in [-0.3, -0.25) is 9.78 Å². The lowest BCUT2D eigenvalue weighted by Crippen LogP contribution is -2.44. The maximum atomic E-state index is 13.8. The van der Waals surface area contributed by atoms with E-state index in [2.05, 4.69) is 9.97 Å². The van der Waals surface area contributed by atoms with Gasteiger partial charge in [0.05, 0.1) is 34.3 Å². The van der Waals surface area contributed by atoms with Gasteiger partial charge in [0.1, 0.15) is 11.5 Å². The molecule has 158 valence electrons. The average Bonchev–Trinajstić information content (AvgIpc) is 3.34. The molecule has 0 saturated heterocycles. The number of aliphatic carboxylic acids is 1. The fraction of sp³-hybridized carbons (Fsp3) is 0.391. The molecule has 0 amide bonds. The third-order valence-electron chi connectivity index (χ3n) is 7.27. The van der Waals surface area contributed by atoms with Gasteiger partial charge in [-0.05, 0) is 43.6 Å². The number of pyridine rings is 1. The number of allylic oxidation sites excluding steroid dienone is 1. The summed E-state index contributed by atoms with van der Waals surface area (Å²) in [6.07, 6.45) is 11.2. The molecule has 7 rings (SSSR count). The summed E-state index contributed by atoms with van der Waals surface area (Å²) < 4.78 is 15.8. The predicted octanol–water partition coefficient (Wildman–Crippen LogP) is 4.67. The van der Waals surface area contributed by atoms with E-state index in [1.165, 1.54) is 12.3 Å². The number of rotatable bonds is 3. The summed E-state index contributed by atoms with van der Waals surface area (Å²) in [6, 6.07) is 1.29. The van der Waals surface area contributed by atoms with E-state index in [1.807, 2.05) is 16.8 Å². The molecule has 1 N–H and O–H groups in total. The van der Waals surface area contributed by atoms with E-state index in [-0.39, 0.29) is 12.0 Å². The fourth-order valence-electron chi connectivity index (χ4n) is 5.90. The van der Waals surface area contributed by atoms with E-state index in [0.717, 1.165) is 37.0 Å². The molecule has 3 heterocycles. The smallest absolute Gasteiger partial charge is 0.308 e. The molecule has 3 fully saturated rings. The standard InChI is InChI=1S/C23H20ClFN4O2/c24-17-10-29(20-12-3-1-11(2-4-12)19(20)23(30)31)22-16(17)9-27-21(28-22)14-5-6-18-15(14)7-13(25)8-26-18/h5,7-12,19-20H,1-4,6H2,(H,30,31)/t11?,12?,19-,20?/m0/s1. The number of hydrogen-bond acceptors (Lipinski definition) is 4. The molecule has 3 aromatic heterocycles. The Hall–Kier alpha value is -2.80. The first-order valence-electron chi connectivity index (χ1n) is 10.6. The topological polar surface area (TPSA) is 80.9 Å². The van der Waals surface area contributed by atoms with Crippen molar-refractivity contribution in [2.24, 2.45) is 17.8 Å². The summed E-state index contributed by atoms with van der Waals surface area (Å²) in [5.41, 5.74) is 2.87. The lowest BCUT2D eigenvalue weighted by molar-refractivity contribution is -0.151. The maximum Gasteiger partial charge on any atom is 0.308 e. The first-order chi connectivity index (χ1) is 15.0. The van der Waals surface area contributed by atoms with Gasteiger partial charge < -0.3 is 9.67 Å². The van der Waals surface area contributed by atoms with E-state index in [1.54, 1.807) is 6.20 Å². The third kappa shape index (κ3) is 2.82. The van der Waals surface area contributed by atoms with Gasteiger partial charge >= 0.3 is 5.97 Å². The largest absolute Gasteiger partial charge is 0.481 e. The van der Waals surface area contributed by atoms with E-state index >= 15 is 0 Å². The van der Waals surface area contributed by atoms with Gasteiger partial charge in [0.25, 0.3) is 0 Å². The van der Waals surface area contributed by atoms with Crippen LogP contribution >= 0.6 is 11.6 Å². The number of carboxylic acids is 1. The minimum atomic E-state index is -0.749. The van der Waals surface area contributed by atoms with E-state index < -0.39 is 17.7 Å². The van der Waals surface area contributed by atoms with Gasteiger partial charge in [-0.1, -0.05) is 17.7 Å². The van der Waals surface area contributed by atoms with E-state index in [0.29, 0.717) is 39.8 Å². The zero-order chi connectivity index (χ0) is 21.3. The molecule has 3 saturated carbocycles. The Bertz CT molecular complexity index is 1260. The Balaban J connectivity index is 1.49. The minimum Gasteiger partial charge on any atom is -0.481 e. The molecule has 1 unspecified atom stereocenters. The van der Waals surface area contributed by atoms with Crippen LogP contribution in [0.1, 0.15) is 48.8 Å². The molecule has 6 nitrogen and oxygen atoms in total. The molecule has 8 heteroatoms. The molecule has 4 aliphatic carbocycles. The quantitative estimate of drug-likeness (QED) is 0.642. The molecule has 0 spiro atoms. The first-order valence-corrected chi connectivity index (χ1v) is 11.0. The van der Waals surface area contributed by atoms with Crippen LogP contribution in [0.2, 0.25) is 5.02 Å². The summed E-state index contributed by atoms with van der Waals surface area (Å²) >= 11 is 6.52. The number of aromatic nitrogens is 4. The van der Waals surface area contributed by atoms with Crippen molar-refractivity contribution < 1.29 is 14.3 Å². The van der Waals surface area contributed by atoms with Crippen molar-refractivity contribution in [2.45, 2.75) is 38.1 Å². The van der Waals surface area contributed by atoms with Gasteiger partial charge in [0.15, 0.2) is 5.82 Å². The monoisotopic (exact) mass is 438 g/mol. The maximum absolute atomic E-state index is 13.8. The first kappa shape index (κ1) is 18.9. The summed E-state index contributed by atoms with van der Waals surface area (Å²) in [6.45, 7) is 0. The van der Waals surface area contributed by atoms with Gasteiger partial charge in [0.2, 0.25) is 0 Å². The lowest BCUT2D eigenvalue weighted by atomic mass is 9.61. The highest BCUT2D eigenvalue weighted by molar-refractivity contribution is 6.35. The van der Waals surface area contributed by atoms with Gasteiger partial charge in [0, 0.05) is 30.0 Å². The number of nitrogens with zero attached hydrogens (tertiary/aromatic N) is 4. The van der Waals surface area contributed by atoms with Crippen LogP contribution in [-0.4, -0.2) is 30.6 Å². The van der Waals surface area contributed by atoms with Crippen molar-refractivity contribution >= 4 is 34.2 Å². The number of hydrogen-bond donors (Lipinski definition) is 1. The highest BCUT2D eigenvalue weighted by atomic mass is 35.5. The van der Waals surface area contributed by atoms with Gasteiger partial charge in [-0.25, -0.2) is 14.4 Å². The zero-order valence-electron chi connectivity index (χ0n) is 16.6. The van der Waals surface area contributed by atoms with Crippen LogP contribution in [0.5, 0.6) is 0 Å². The van der Waals surface area contributed by atoms with Crippen molar-refractivity contribution in [1.29, 1.82) is 0 Å². The summed E-state index contributed by atoms with van der Waals surface area (Å²) in [5.74, 6) is -0.642. The molecule has 0 radical (unpaired) electrons. The predicted molar refractivity (Wildman–Crippen MR) is 113 cm³/mol. The lowest BCUT2D eigenvalue weighted by Gasteiger charge is -2.47. The third-order valence-corrected chi connectivity index (χ3v) is 7.57. The van der Waals surface area contributed by atoms with Crippen molar-refractivity contribution in [1.82, 2.24) is 19.5 Å². The van der Waals surface area contributed by atoms with Crippen molar-refractivity contribution in [3.8, 4) is 0 Å². The molecular formula is C23H20ClFN4O2. The number of carboxylic acid groups (broad SMARTS) is 1. The van der Waals surface area contributed by atoms with Gasteiger partial charge in [-0.15, -0.1) is 0 Å². The Kier molecular flexibility index (Phi) is 4.18. The Labute approximate surface area is 182 Å². The molecule has 2 bridgehead atoms. The number of fused-ring (bicyclic) bond motifs is 5. The number of halogens is 2. The molecular weight excluding hydrogens is 419 g/mol. The average molecular weight is 439 g/mol. The molecule has 3 aromatic rings. The molecule has 2 atom stereocenters. The van der Waals surface area contributed by atoms with Crippen molar-refractivity contribution in [2.75, 3.05) is 0 Å². The highest BCUT2D eigenvalue weighted by Gasteiger charge is 2.48. The van der Waals surface area contributed by atoms with E-state index in [4.69, 9.17) is 16.6 Å². The second-order valence-corrected chi connectivity index (χ2v) is 9.22. The molecule has 0 aromatic carbocycles. The van der Waals surface area contributed by atoms with Crippen LogP contribution in [0.25, 0.3) is 16.6 Å². The van der Waals surface area contributed by atoms with Crippen LogP contribution in [-0.2, 0) is 11.2 Å². The molecule has 31 heavy (non-hydrogen) atoms. The molecule has 0 aliphatic heterocycles. The second-order valence-electron chi connectivity index (χ2n) is 8.81. The van der Waals surface area contributed by atoms with Crippen LogP contribution in [0.3, 0.4) is 0 Å². The normalized spacial score (nSPS) is 26.8. The number of carbonyl (C=O) groups is 1. The Morgan fingerprint density at radius 3 is 2.71 bits per heavy atom. The van der Waals surface area contributed by atoms with Crippen LogP contribution in [0.15, 0.2) is 30.7 Å².